The number of carbonyl (C=O) groups is 1. The summed E-state index contributed by atoms with van der Waals surface area (Å²) in [6.45, 7) is 1.49. The van der Waals surface area contributed by atoms with Crippen molar-refractivity contribution in [2.45, 2.75) is 13.1 Å². The predicted octanol–water partition coefficient (Wildman–Crippen LogP) is 1.63. The van der Waals surface area contributed by atoms with Crippen LogP contribution in [0.4, 0.5) is 5.69 Å². The van der Waals surface area contributed by atoms with Crippen molar-refractivity contribution >= 4 is 22.6 Å². The molecule has 4 rings (SSSR count). The number of ether oxygens (including phenoxy) is 1. The summed E-state index contributed by atoms with van der Waals surface area (Å²) in [5, 5.41) is 0. The van der Waals surface area contributed by atoms with Crippen molar-refractivity contribution < 1.29 is 9.53 Å². The summed E-state index contributed by atoms with van der Waals surface area (Å²) in [7, 11) is 0. The van der Waals surface area contributed by atoms with E-state index < -0.39 is 17.3 Å². The molecule has 0 bridgehead atoms. The Morgan fingerprint density at radius 1 is 1.16 bits per heavy atom. The molecule has 1 atom stereocenters. The second kappa shape index (κ2) is 5.62. The SMILES string of the molecule is CC(=O)N(c1ccccc1)C1COc2cccc3[nH]c(=O)c(=O)n1c23. The lowest BCUT2D eigenvalue weighted by Crippen LogP contribution is -2.49. The van der Waals surface area contributed by atoms with Crippen LogP contribution < -0.4 is 20.8 Å². The number of benzene rings is 2. The molecular formula is C18H15N3O4. The summed E-state index contributed by atoms with van der Waals surface area (Å²) < 4.78 is 7.13. The topological polar surface area (TPSA) is 84.4 Å². The zero-order valence-corrected chi connectivity index (χ0v) is 13.4. The van der Waals surface area contributed by atoms with E-state index in [-0.39, 0.29) is 12.5 Å². The number of aromatic amines is 1. The average Bonchev–Trinajstić information content (AvgIpc) is 2.61. The van der Waals surface area contributed by atoms with E-state index in [9.17, 15) is 14.4 Å². The van der Waals surface area contributed by atoms with Crippen LogP contribution in [0.5, 0.6) is 5.75 Å². The fourth-order valence-corrected chi connectivity index (χ4v) is 3.24. The van der Waals surface area contributed by atoms with Crippen molar-refractivity contribution in [2.75, 3.05) is 11.5 Å². The molecule has 25 heavy (non-hydrogen) atoms. The van der Waals surface area contributed by atoms with E-state index in [0.29, 0.717) is 22.5 Å². The highest BCUT2D eigenvalue weighted by molar-refractivity contribution is 5.92. The van der Waals surface area contributed by atoms with Gasteiger partial charge in [0, 0.05) is 12.6 Å². The van der Waals surface area contributed by atoms with Crippen molar-refractivity contribution in [3.8, 4) is 5.75 Å². The summed E-state index contributed by atoms with van der Waals surface area (Å²) in [6.07, 6.45) is -0.743. The summed E-state index contributed by atoms with van der Waals surface area (Å²) in [6, 6.07) is 14.2. The lowest BCUT2D eigenvalue weighted by molar-refractivity contribution is -0.117. The first kappa shape index (κ1) is 15.2. The zero-order chi connectivity index (χ0) is 17.6. The van der Waals surface area contributed by atoms with Gasteiger partial charge in [-0.05, 0) is 24.3 Å². The van der Waals surface area contributed by atoms with E-state index in [4.69, 9.17) is 4.74 Å². The molecule has 0 saturated heterocycles. The molecule has 0 spiro atoms. The van der Waals surface area contributed by atoms with Gasteiger partial charge in [-0.25, -0.2) is 0 Å². The van der Waals surface area contributed by atoms with Gasteiger partial charge in [0.05, 0.1) is 5.52 Å². The van der Waals surface area contributed by atoms with Crippen molar-refractivity contribution in [1.82, 2.24) is 9.55 Å². The summed E-state index contributed by atoms with van der Waals surface area (Å²) in [5.41, 5.74) is 0.153. The molecule has 126 valence electrons. The molecule has 7 nitrogen and oxygen atoms in total. The molecule has 1 aliphatic heterocycles. The van der Waals surface area contributed by atoms with Crippen LogP contribution in [0.25, 0.3) is 11.0 Å². The summed E-state index contributed by atoms with van der Waals surface area (Å²) in [4.78, 5) is 41.1. The smallest absolute Gasteiger partial charge is 0.318 e. The normalized spacial score (nSPS) is 15.6. The van der Waals surface area contributed by atoms with Crippen LogP contribution in [0.1, 0.15) is 13.1 Å². The van der Waals surface area contributed by atoms with E-state index >= 15 is 0 Å². The van der Waals surface area contributed by atoms with Crippen molar-refractivity contribution in [3.63, 3.8) is 0 Å². The molecule has 1 aliphatic rings. The third-order valence-electron chi connectivity index (χ3n) is 4.26. The van der Waals surface area contributed by atoms with Gasteiger partial charge in [0.2, 0.25) is 5.91 Å². The van der Waals surface area contributed by atoms with E-state index in [1.54, 1.807) is 42.5 Å². The molecule has 2 heterocycles. The van der Waals surface area contributed by atoms with Crippen LogP contribution in [0.3, 0.4) is 0 Å². The summed E-state index contributed by atoms with van der Waals surface area (Å²) in [5.74, 6) is 0.248. The highest BCUT2D eigenvalue weighted by atomic mass is 16.5. The highest BCUT2D eigenvalue weighted by Crippen LogP contribution is 2.33. The molecule has 0 radical (unpaired) electrons. The standard InChI is InChI=1S/C18H15N3O4/c1-11(22)20(12-6-3-2-4-7-12)15-10-25-14-9-5-8-13-16(14)21(15)18(24)17(23)19-13/h2-9,15H,10H2,1H3,(H,19,23). The Hall–Kier alpha value is -3.35. The maximum absolute atomic E-state index is 12.6. The molecule has 1 N–H and O–H groups in total. The van der Waals surface area contributed by atoms with Gasteiger partial charge in [0.25, 0.3) is 0 Å². The average molecular weight is 337 g/mol. The Balaban J connectivity index is 2.02. The number of nitrogens with zero attached hydrogens (tertiary/aromatic N) is 2. The van der Waals surface area contributed by atoms with E-state index in [1.165, 1.54) is 16.4 Å². The minimum atomic E-state index is -0.743. The number of hydrogen-bond donors (Lipinski definition) is 1. The van der Waals surface area contributed by atoms with E-state index in [1.807, 2.05) is 6.07 Å². The molecule has 0 saturated carbocycles. The molecule has 2 aromatic carbocycles. The number of hydrogen-bond acceptors (Lipinski definition) is 4. The predicted molar refractivity (Wildman–Crippen MR) is 93.0 cm³/mol. The number of aromatic nitrogens is 2. The third-order valence-corrected chi connectivity index (χ3v) is 4.26. The van der Waals surface area contributed by atoms with Gasteiger partial charge in [-0.15, -0.1) is 0 Å². The van der Waals surface area contributed by atoms with E-state index in [0.717, 1.165) is 0 Å². The number of amides is 1. The van der Waals surface area contributed by atoms with Crippen LogP contribution in [-0.2, 0) is 4.79 Å². The lowest BCUT2D eigenvalue weighted by Gasteiger charge is -2.35. The molecule has 0 aliphatic carbocycles. The molecule has 1 unspecified atom stereocenters. The first-order valence-corrected chi connectivity index (χ1v) is 7.83. The van der Waals surface area contributed by atoms with Crippen LogP contribution >= 0.6 is 0 Å². The number of nitrogens with one attached hydrogen (secondary N) is 1. The Morgan fingerprint density at radius 3 is 2.64 bits per heavy atom. The number of H-pyrrole nitrogens is 1. The quantitative estimate of drug-likeness (QED) is 0.721. The van der Waals surface area contributed by atoms with Crippen LogP contribution in [0.2, 0.25) is 0 Å². The van der Waals surface area contributed by atoms with Crippen LogP contribution in [0, 0.1) is 0 Å². The lowest BCUT2D eigenvalue weighted by atomic mass is 10.2. The van der Waals surface area contributed by atoms with Gasteiger partial charge in [-0.3, -0.25) is 23.9 Å². The van der Waals surface area contributed by atoms with Gasteiger partial charge >= 0.3 is 11.1 Å². The molecule has 1 amide bonds. The molecule has 1 aromatic heterocycles. The monoisotopic (exact) mass is 337 g/mol. The number of anilines is 1. The van der Waals surface area contributed by atoms with Gasteiger partial charge in [-0.1, -0.05) is 24.3 Å². The second-order valence-electron chi connectivity index (χ2n) is 5.80. The van der Waals surface area contributed by atoms with E-state index in [2.05, 4.69) is 4.98 Å². The molecule has 7 heteroatoms. The van der Waals surface area contributed by atoms with Crippen LogP contribution in [0.15, 0.2) is 58.1 Å². The Kier molecular flexibility index (Phi) is 3.42. The fraction of sp³-hybridized carbons (Fsp3) is 0.167. The third kappa shape index (κ3) is 2.32. The van der Waals surface area contributed by atoms with Crippen molar-refractivity contribution in [2.24, 2.45) is 0 Å². The number of para-hydroxylation sites is 2. The highest BCUT2D eigenvalue weighted by Gasteiger charge is 2.32. The Labute approximate surface area is 142 Å². The van der Waals surface area contributed by atoms with Gasteiger partial charge in [-0.2, -0.15) is 0 Å². The fourth-order valence-electron chi connectivity index (χ4n) is 3.24. The summed E-state index contributed by atoms with van der Waals surface area (Å²) >= 11 is 0. The van der Waals surface area contributed by atoms with Gasteiger partial charge < -0.3 is 9.72 Å². The molecule has 0 fully saturated rings. The van der Waals surface area contributed by atoms with Gasteiger partial charge in [0.15, 0.2) is 6.17 Å². The largest absolute Gasteiger partial charge is 0.487 e. The van der Waals surface area contributed by atoms with Gasteiger partial charge in [0.1, 0.15) is 17.9 Å². The second-order valence-corrected chi connectivity index (χ2v) is 5.80. The number of carbonyl (C=O) groups excluding carboxylic acids is 1. The maximum Gasteiger partial charge on any atom is 0.318 e. The van der Waals surface area contributed by atoms with Crippen LogP contribution in [-0.4, -0.2) is 22.1 Å². The zero-order valence-electron chi connectivity index (χ0n) is 13.4. The van der Waals surface area contributed by atoms with Crippen molar-refractivity contribution in [3.05, 3.63) is 69.2 Å². The minimum Gasteiger partial charge on any atom is -0.487 e. The molecular weight excluding hydrogens is 322 g/mol. The first-order valence-electron chi connectivity index (χ1n) is 7.83. The Morgan fingerprint density at radius 2 is 1.92 bits per heavy atom. The maximum atomic E-state index is 12.6. The van der Waals surface area contributed by atoms with Crippen molar-refractivity contribution in [1.29, 1.82) is 0 Å². The first-order chi connectivity index (χ1) is 12.1. The minimum absolute atomic E-state index is 0.0734. The molecule has 3 aromatic rings. The number of rotatable bonds is 2. The Bertz CT molecular complexity index is 1080.